The van der Waals surface area contributed by atoms with E-state index in [0.29, 0.717) is 19.6 Å². The summed E-state index contributed by atoms with van der Waals surface area (Å²) in [5, 5.41) is 2.90. The minimum atomic E-state index is -3.83. The van der Waals surface area contributed by atoms with Crippen molar-refractivity contribution in [3.05, 3.63) is 28.3 Å². The van der Waals surface area contributed by atoms with Crippen molar-refractivity contribution in [3.63, 3.8) is 0 Å². The maximum atomic E-state index is 12.6. The second-order valence-corrected chi connectivity index (χ2v) is 9.52. The third-order valence-corrected chi connectivity index (χ3v) is 7.44. The Morgan fingerprint density at radius 3 is 2.26 bits per heavy atom. The molecule has 0 unspecified atom stereocenters. The molecular formula is C19H28N4O3S. The number of carbonyl (C=O) groups excluding carboxylic acids is 1. The van der Waals surface area contributed by atoms with Gasteiger partial charge >= 0.3 is 16.2 Å². The zero-order chi connectivity index (χ0) is 19.0. The molecule has 8 heteroatoms. The summed E-state index contributed by atoms with van der Waals surface area (Å²) in [5.74, 6) is 0. The van der Waals surface area contributed by atoms with E-state index in [1.54, 1.807) is 0 Å². The average molecular weight is 393 g/mol. The number of rotatable bonds is 3. The van der Waals surface area contributed by atoms with Crippen LogP contribution in [0, 0.1) is 0 Å². The normalized spacial score (nSPS) is 20.8. The van der Waals surface area contributed by atoms with E-state index in [0.717, 1.165) is 57.2 Å². The van der Waals surface area contributed by atoms with Crippen LogP contribution in [-0.4, -0.2) is 56.9 Å². The molecule has 27 heavy (non-hydrogen) atoms. The van der Waals surface area contributed by atoms with Gasteiger partial charge in [0.15, 0.2) is 0 Å². The molecule has 2 aliphatic carbocycles. The van der Waals surface area contributed by atoms with Crippen LogP contribution in [0.5, 0.6) is 0 Å². The van der Waals surface area contributed by atoms with Crippen LogP contribution in [0.2, 0.25) is 0 Å². The molecule has 0 bridgehead atoms. The second-order valence-electron chi connectivity index (χ2n) is 7.85. The van der Waals surface area contributed by atoms with Crippen LogP contribution in [0.4, 0.5) is 10.5 Å². The highest BCUT2D eigenvalue weighted by molar-refractivity contribution is 7.87. The first kappa shape index (κ1) is 18.7. The average Bonchev–Trinajstić information content (AvgIpc) is 3.20. The van der Waals surface area contributed by atoms with Crippen molar-refractivity contribution in [1.82, 2.24) is 13.9 Å². The molecule has 1 aliphatic heterocycles. The minimum Gasteiger partial charge on any atom is -0.307 e. The molecule has 1 fully saturated rings. The van der Waals surface area contributed by atoms with Crippen molar-refractivity contribution in [1.29, 1.82) is 0 Å². The summed E-state index contributed by atoms with van der Waals surface area (Å²) in [7, 11) is -1.85. The molecule has 7 nitrogen and oxygen atoms in total. The molecule has 148 valence electrons. The Bertz CT molecular complexity index is 821. The monoisotopic (exact) mass is 392 g/mol. The quantitative estimate of drug-likeness (QED) is 0.820. The van der Waals surface area contributed by atoms with Crippen LogP contribution in [-0.2, 0) is 35.9 Å². The first-order chi connectivity index (χ1) is 12.9. The first-order valence-electron chi connectivity index (χ1n) is 9.88. The molecule has 1 heterocycles. The summed E-state index contributed by atoms with van der Waals surface area (Å²) in [6, 6.07) is 1.64. The fraction of sp³-hybridized carbons (Fsp3) is 0.632. The molecule has 1 aromatic rings. The molecule has 2 amide bonds. The van der Waals surface area contributed by atoms with E-state index in [1.807, 2.05) is 7.05 Å². The maximum absolute atomic E-state index is 12.6. The number of amides is 2. The minimum absolute atomic E-state index is 0.398. The lowest BCUT2D eigenvalue weighted by atomic mass is 9.99. The van der Waals surface area contributed by atoms with Gasteiger partial charge in [0.25, 0.3) is 0 Å². The number of urea groups is 1. The summed E-state index contributed by atoms with van der Waals surface area (Å²) in [6.45, 7) is 2.36. The fourth-order valence-corrected chi connectivity index (χ4v) is 5.66. The number of aryl methyl sites for hydroxylation is 2. The Morgan fingerprint density at radius 2 is 1.59 bits per heavy atom. The van der Waals surface area contributed by atoms with Crippen molar-refractivity contribution < 1.29 is 13.2 Å². The highest BCUT2D eigenvalue weighted by atomic mass is 32.2. The van der Waals surface area contributed by atoms with Crippen molar-refractivity contribution in [3.8, 4) is 0 Å². The number of nitrogens with zero attached hydrogens (tertiary/aromatic N) is 2. The van der Waals surface area contributed by atoms with Gasteiger partial charge in [0, 0.05) is 25.3 Å². The molecule has 0 aromatic heterocycles. The largest absolute Gasteiger partial charge is 0.333 e. The predicted octanol–water partition coefficient (Wildman–Crippen LogP) is 1.67. The summed E-state index contributed by atoms with van der Waals surface area (Å²) in [4.78, 5) is 14.7. The Balaban J connectivity index is 1.50. The molecule has 0 radical (unpaired) electrons. The summed E-state index contributed by atoms with van der Waals surface area (Å²) in [5.41, 5.74) is 5.87. The molecular weight excluding hydrogens is 364 g/mol. The fourth-order valence-electron chi connectivity index (χ4n) is 4.55. The van der Waals surface area contributed by atoms with Gasteiger partial charge < -0.3 is 10.2 Å². The van der Waals surface area contributed by atoms with Crippen molar-refractivity contribution >= 4 is 21.9 Å². The van der Waals surface area contributed by atoms with E-state index < -0.39 is 16.2 Å². The lowest BCUT2D eigenvalue weighted by molar-refractivity contribution is 0.255. The predicted molar refractivity (Wildman–Crippen MR) is 105 cm³/mol. The van der Waals surface area contributed by atoms with Crippen LogP contribution >= 0.6 is 0 Å². The number of nitrogens with one attached hydrogen (secondary N) is 2. The van der Waals surface area contributed by atoms with Crippen LogP contribution < -0.4 is 10.0 Å². The molecule has 3 aliphatic rings. The highest BCUT2D eigenvalue weighted by Crippen LogP contribution is 2.38. The Labute approximate surface area is 161 Å². The molecule has 0 saturated carbocycles. The van der Waals surface area contributed by atoms with Gasteiger partial charge in [-0.2, -0.15) is 12.7 Å². The van der Waals surface area contributed by atoms with Gasteiger partial charge in [-0.1, -0.05) is 6.07 Å². The maximum Gasteiger partial charge on any atom is 0.333 e. The Morgan fingerprint density at radius 1 is 0.926 bits per heavy atom. The van der Waals surface area contributed by atoms with Gasteiger partial charge in [-0.3, -0.25) is 0 Å². The Kier molecular flexibility index (Phi) is 5.13. The van der Waals surface area contributed by atoms with Gasteiger partial charge in [-0.15, -0.1) is 0 Å². The number of benzene rings is 1. The molecule has 1 saturated heterocycles. The zero-order valence-electron chi connectivity index (χ0n) is 15.9. The number of hydrogen-bond donors (Lipinski definition) is 2. The third-order valence-electron chi connectivity index (χ3n) is 5.95. The van der Waals surface area contributed by atoms with Crippen LogP contribution in [0.1, 0.15) is 41.5 Å². The van der Waals surface area contributed by atoms with Gasteiger partial charge in [0.05, 0.1) is 0 Å². The van der Waals surface area contributed by atoms with Crippen molar-refractivity contribution in [2.24, 2.45) is 0 Å². The third kappa shape index (κ3) is 3.83. The standard InChI is InChI=1S/C19H28N4O3S/c1-22-9-4-10-23(12-11-22)27(25,26)21-19(24)20-18-16-7-2-5-14(16)13-15-6-3-8-17(15)18/h13H,2-12H2,1H3,(H2,20,21,24). The number of fused-ring (bicyclic) bond motifs is 2. The van der Waals surface area contributed by atoms with E-state index in [2.05, 4.69) is 21.0 Å². The molecule has 1 aromatic carbocycles. The SMILES string of the molecule is CN1CCCN(S(=O)(=O)NC(=O)Nc2c3c(cc4c2CCC4)CCC3)CC1. The van der Waals surface area contributed by atoms with Crippen LogP contribution in [0.3, 0.4) is 0 Å². The summed E-state index contributed by atoms with van der Waals surface area (Å²) >= 11 is 0. The van der Waals surface area contributed by atoms with Crippen molar-refractivity contribution in [2.45, 2.75) is 44.9 Å². The van der Waals surface area contributed by atoms with Gasteiger partial charge in [0.1, 0.15) is 0 Å². The van der Waals surface area contributed by atoms with Gasteiger partial charge in [-0.05, 0) is 80.8 Å². The molecule has 2 N–H and O–H groups in total. The smallest absolute Gasteiger partial charge is 0.307 e. The molecule has 0 spiro atoms. The van der Waals surface area contributed by atoms with E-state index >= 15 is 0 Å². The van der Waals surface area contributed by atoms with Crippen LogP contribution in [0.25, 0.3) is 0 Å². The molecule has 0 atom stereocenters. The van der Waals surface area contributed by atoms with Gasteiger partial charge in [0.2, 0.25) is 0 Å². The number of carbonyl (C=O) groups is 1. The second kappa shape index (κ2) is 7.41. The van der Waals surface area contributed by atoms with Gasteiger partial charge in [-0.25, -0.2) is 9.52 Å². The first-order valence-corrected chi connectivity index (χ1v) is 11.3. The lowest BCUT2D eigenvalue weighted by Gasteiger charge is -2.21. The Hall–Kier alpha value is -1.64. The van der Waals surface area contributed by atoms with E-state index in [-0.39, 0.29) is 0 Å². The van der Waals surface area contributed by atoms with E-state index in [1.165, 1.54) is 26.6 Å². The lowest BCUT2D eigenvalue weighted by Crippen LogP contribution is -2.46. The van der Waals surface area contributed by atoms with Crippen LogP contribution in [0.15, 0.2) is 6.07 Å². The van der Waals surface area contributed by atoms with Crippen molar-refractivity contribution in [2.75, 3.05) is 38.5 Å². The topological polar surface area (TPSA) is 81.8 Å². The van der Waals surface area contributed by atoms with E-state index in [4.69, 9.17) is 0 Å². The summed E-state index contributed by atoms with van der Waals surface area (Å²) in [6.07, 6.45) is 6.92. The number of hydrogen-bond acceptors (Lipinski definition) is 4. The molecule has 4 rings (SSSR count). The highest BCUT2D eigenvalue weighted by Gasteiger charge is 2.28. The zero-order valence-corrected chi connectivity index (χ0v) is 16.7. The van der Waals surface area contributed by atoms with E-state index in [9.17, 15) is 13.2 Å². The number of anilines is 1. The number of likely N-dealkylation sites (N-methyl/N-ethyl adjacent to an activating group) is 1. The summed E-state index contributed by atoms with van der Waals surface area (Å²) < 4.78 is 28.9.